The van der Waals surface area contributed by atoms with Gasteiger partial charge < -0.3 is 5.11 Å². The van der Waals surface area contributed by atoms with Crippen molar-refractivity contribution in [2.75, 3.05) is 6.61 Å². The largest absolute Gasteiger partial charge is 0.388 e. The number of aliphatic hydroxyl groups excluding tert-OH is 1. The predicted octanol–water partition coefficient (Wildman–Crippen LogP) is 3.21. The molecule has 0 amide bonds. The Balaban J connectivity index is 2.27. The first-order valence-electron chi connectivity index (χ1n) is 5.96. The lowest BCUT2D eigenvalue weighted by molar-refractivity contribution is 0.0904. The highest BCUT2D eigenvalue weighted by Gasteiger charge is 2.15. The maximum Gasteiger partial charge on any atom is 0.257 e. The zero-order valence-corrected chi connectivity index (χ0v) is 11.2. The van der Waals surface area contributed by atoms with Crippen molar-refractivity contribution in [3.63, 3.8) is 0 Å². The second-order valence-corrected chi connectivity index (χ2v) is 5.53. The van der Waals surface area contributed by atoms with Gasteiger partial charge in [0.15, 0.2) is 5.78 Å². The van der Waals surface area contributed by atoms with E-state index < -0.39 is 6.61 Å². The number of nitrogens with zero attached hydrogens (tertiary/aromatic N) is 1. The van der Waals surface area contributed by atoms with E-state index >= 15 is 0 Å². The number of aryl methyl sites for hydroxylation is 1. The fourth-order valence-corrected chi connectivity index (χ4v) is 3.10. The Morgan fingerprint density at radius 2 is 1.84 bits per heavy atom. The molecule has 0 radical (unpaired) electrons. The Morgan fingerprint density at radius 3 is 2.58 bits per heavy atom. The molecule has 0 fully saturated rings. The minimum absolute atomic E-state index is 0.265. The highest BCUT2D eigenvalue weighted by molar-refractivity contribution is 7.24. The molecule has 2 aromatic carbocycles. The maximum atomic E-state index is 11.5. The van der Waals surface area contributed by atoms with Crippen LogP contribution in [0.5, 0.6) is 0 Å². The zero-order chi connectivity index (χ0) is 13.4. The number of aliphatic hydroxyl groups is 1. The Hall–Kier alpha value is -1.91. The Labute approximate surface area is 114 Å². The first kappa shape index (κ1) is 12.1. The van der Waals surface area contributed by atoms with Gasteiger partial charge in [-0.25, -0.2) is 4.98 Å². The molecular formula is C15H12NO2S+. The Bertz CT molecular complexity index is 799. The second kappa shape index (κ2) is 4.64. The third-order valence-corrected chi connectivity index (χ3v) is 4.10. The fraction of sp³-hybridized carbons (Fsp3) is 0.133. The van der Waals surface area contributed by atoms with Gasteiger partial charge in [-0.2, -0.15) is 0 Å². The summed E-state index contributed by atoms with van der Waals surface area (Å²) in [5, 5.41) is 8.91. The Kier molecular flexibility index (Phi) is 2.97. The molecule has 4 heteroatoms. The van der Waals surface area contributed by atoms with Crippen LogP contribution in [0.15, 0.2) is 36.4 Å². The van der Waals surface area contributed by atoms with E-state index in [1.54, 1.807) is 23.5 Å². The van der Waals surface area contributed by atoms with Crippen LogP contribution in [0.2, 0.25) is 0 Å². The van der Waals surface area contributed by atoms with Crippen LogP contribution in [0.25, 0.3) is 20.4 Å². The summed E-state index contributed by atoms with van der Waals surface area (Å²) in [5.74, 6) is -0.265. The van der Waals surface area contributed by atoms with E-state index in [0.717, 1.165) is 20.4 Å². The van der Waals surface area contributed by atoms with Crippen LogP contribution in [-0.2, 0) is 0 Å². The van der Waals surface area contributed by atoms with Crippen molar-refractivity contribution in [1.29, 1.82) is 0 Å². The van der Waals surface area contributed by atoms with Crippen molar-refractivity contribution >= 4 is 37.6 Å². The summed E-state index contributed by atoms with van der Waals surface area (Å²) in [4.78, 5) is 16.1. The lowest BCUT2D eigenvalue weighted by Crippen LogP contribution is -2.03. The van der Waals surface area contributed by atoms with E-state index in [1.807, 2.05) is 25.1 Å². The molecule has 19 heavy (non-hydrogen) atoms. The minimum atomic E-state index is -0.462. The molecule has 1 heterocycles. The summed E-state index contributed by atoms with van der Waals surface area (Å²) in [6.07, 6.45) is 0. The summed E-state index contributed by atoms with van der Waals surface area (Å²) in [6.45, 7) is 1.58. The van der Waals surface area contributed by atoms with Crippen LogP contribution in [0.4, 0.5) is 0 Å². The quantitative estimate of drug-likeness (QED) is 0.442. The Morgan fingerprint density at radius 1 is 1.16 bits per heavy atom. The average molecular weight is 270 g/mol. The van der Waals surface area contributed by atoms with Gasteiger partial charge in [-0.3, -0.25) is 4.79 Å². The SMILES string of the molecule is Cc1ccc2nc3ccc(C(=O)CO)cc3[s+]c2c1. The van der Waals surface area contributed by atoms with Crippen molar-refractivity contribution in [2.24, 2.45) is 0 Å². The van der Waals surface area contributed by atoms with E-state index in [2.05, 4.69) is 11.1 Å². The molecule has 3 aromatic rings. The third-order valence-electron chi connectivity index (χ3n) is 3.00. The van der Waals surface area contributed by atoms with E-state index in [4.69, 9.17) is 5.11 Å². The van der Waals surface area contributed by atoms with Crippen molar-refractivity contribution < 1.29 is 9.90 Å². The number of Topliss-reactive ketones (excluding diaryl/α,β-unsaturated/α-hetero) is 1. The molecule has 0 aliphatic rings. The smallest absolute Gasteiger partial charge is 0.257 e. The summed E-state index contributed by atoms with van der Waals surface area (Å²) >= 11 is 1.61. The van der Waals surface area contributed by atoms with Gasteiger partial charge in [0.2, 0.25) is 11.3 Å². The normalized spacial score (nSPS) is 11.1. The summed E-state index contributed by atoms with van der Waals surface area (Å²) < 4.78 is 2.05. The van der Waals surface area contributed by atoms with E-state index in [-0.39, 0.29) is 5.78 Å². The second-order valence-electron chi connectivity index (χ2n) is 4.45. The number of ketones is 1. The van der Waals surface area contributed by atoms with Gasteiger partial charge in [-0.1, -0.05) is 6.07 Å². The van der Waals surface area contributed by atoms with Crippen molar-refractivity contribution in [3.8, 4) is 0 Å². The number of carbonyl (C=O) groups is 1. The molecular weight excluding hydrogens is 258 g/mol. The molecule has 0 aliphatic heterocycles. The molecule has 0 saturated heterocycles. The van der Waals surface area contributed by atoms with Gasteiger partial charge in [-0.05, 0) is 30.7 Å². The van der Waals surface area contributed by atoms with Crippen molar-refractivity contribution in [2.45, 2.75) is 6.92 Å². The van der Waals surface area contributed by atoms with Crippen LogP contribution in [0, 0.1) is 6.92 Å². The van der Waals surface area contributed by atoms with Gasteiger partial charge in [-0.15, -0.1) is 0 Å². The number of carbonyl (C=O) groups excluding carboxylic acids is 1. The standard InChI is InChI=1S/C15H12NO2S/c1-9-2-4-11-14(6-9)19-15-7-10(13(18)8-17)3-5-12(15)16-11/h2-7,17H,8H2,1H3/q+1. The molecule has 3 rings (SSSR count). The lowest BCUT2D eigenvalue weighted by atomic mass is 10.1. The fourth-order valence-electron chi connectivity index (χ4n) is 2.00. The number of benzene rings is 2. The highest BCUT2D eigenvalue weighted by Crippen LogP contribution is 2.27. The average Bonchev–Trinajstić information content (AvgIpc) is 2.43. The van der Waals surface area contributed by atoms with E-state index in [9.17, 15) is 4.79 Å². The highest BCUT2D eigenvalue weighted by atomic mass is 32.1. The molecule has 0 unspecified atom stereocenters. The van der Waals surface area contributed by atoms with Crippen LogP contribution >= 0.6 is 11.3 Å². The van der Waals surface area contributed by atoms with Gasteiger partial charge in [0.05, 0.1) is 0 Å². The van der Waals surface area contributed by atoms with Gasteiger partial charge in [0.25, 0.3) is 9.40 Å². The number of fused-ring (bicyclic) bond motifs is 2. The predicted molar refractivity (Wildman–Crippen MR) is 77.7 cm³/mol. The molecule has 0 aliphatic carbocycles. The molecule has 1 N–H and O–H groups in total. The topological polar surface area (TPSA) is 50.2 Å². The molecule has 0 saturated carbocycles. The van der Waals surface area contributed by atoms with Gasteiger partial charge in [0, 0.05) is 17.7 Å². The third kappa shape index (κ3) is 2.20. The van der Waals surface area contributed by atoms with Gasteiger partial charge in [0.1, 0.15) is 17.6 Å². The first-order chi connectivity index (χ1) is 9.17. The monoisotopic (exact) mass is 270 g/mol. The maximum absolute atomic E-state index is 11.5. The molecule has 1 aromatic heterocycles. The zero-order valence-electron chi connectivity index (χ0n) is 10.4. The number of rotatable bonds is 2. The van der Waals surface area contributed by atoms with Crippen LogP contribution in [0.1, 0.15) is 15.9 Å². The van der Waals surface area contributed by atoms with Crippen molar-refractivity contribution in [1.82, 2.24) is 4.98 Å². The molecule has 94 valence electrons. The summed E-state index contributed by atoms with van der Waals surface area (Å²) in [7, 11) is 0. The number of hydrogen-bond donors (Lipinski definition) is 1. The van der Waals surface area contributed by atoms with E-state index in [1.165, 1.54) is 5.56 Å². The van der Waals surface area contributed by atoms with Gasteiger partial charge >= 0.3 is 0 Å². The molecule has 0 bridgehead atoms. The molecule has 0 spiro atoms. The summed E-state index contributed by atoms with van der Waals surface area (Å²) in [6, 6.07) is 11.5. The number of aromatic nitrogens is 1. The minimum Gasteiger partial charge on any atom is -0.388 e. The molecule has 3 nitrogen and oxygen atoms in total. The lowest BCUT2D eigenvalue weighted by Gasteiger charge is -1.97. The van der Waals surface area contributed by atoms with Crippen LogP contribution in [-0.4, -0.2) is 22.5 Å². The molecule has 0 atom stereocenters. The number of hydrogen-bond acceptors (Lipinski definition) is 3. The van der Waals surface area contributed by atoms with Crippen LogP contribution in [0.3, 0.4) is 0 Å². The summed E-state index contributed by atoms with van der Waals surface area (Å²) in [5.41, 5.74) is 3.55. The first-order valence-corrected chi connectivity index (χ1v) is 6.77. The van der Waals surface area contributed by atoms with Crippen LogP contribution < -0.4 is 0 Å². The van der Waals surface area contributed by atoms with E-state index in [0.29, 0.717) is 5.56 Å². The van der Waals surface area contributed by atoms with Crippen molar-refractivity contribution in [3.05, 3.63) is 47.5 Å².